The third-order valence-corrected chi connectivity index (χ3v) is 4.92. The molecule has 0 spiro atoms. The monoisotopic (exact) mass is 421 g/mol. The molecule has 154 valence electrons. The van der Waals surface area contributed by atoms with Crippen LogP contribution in [0.25, 0.3) is 6.08 Å². The molecule has 1 heterocycles. The van der Waals surface area contributed by atoms with Crippen LogP contribution < -0.4 is 15.4 Å². The topological polar surface area (TPSA) is 80.3 Å². The molecule has 2 N–H and O–H groups in total. The molecular formula is C23H23N3O3S. The van der Waals surface area contributed by atoms with Crippen molar-refractivity contribution >= 4 is 29.2 Å². The van der Waals surface area contributed by atoms with Gasteiger partial charge in [-0.2, -0.15) is 0 Å². The Bertz CT molecular complexity index is 1020. The lowest BCUT2D eigenvalue weighted by molar-refractivity contribution is -0.124. The van der Waals surface area contributed by atoms with Gasteiger partial charge in [-0.1, -0.05) is 42.5 Å². The number of nitrogens with one attached hydrogen (secondary N) is 2. The van der Waals surface area contributed by atoms with Crippen LogP contribution in [0.1, 0.15) is 21.8 Å². The van der Waals surface area contributed by atoms with Gasteiger partial charge in [0.15, 0.2) is 0 Å². The highest BCUT2D eigenvalue weighted by Gasteiger charge is 2.04. The second-order valence-electron chi connectivity index (χ2n) is 6.53. The van der Waals surface area contributed by atoms with Crippen molar-refractivity contribution in [1.29, 1.82) is 0 Å². The highest BCUT2D eigenvalue weighted by atomic mass is 32.1. The number of rotatable bonds is 9. The highest BCUT2D eigenvalue weighted by Crippen LogP contribution is 2.17. The molecule has 7 heteroatoms. The van der Waals surface area contributed by atoms with Crippen LogP contribution in [0.3, 0.4) is 0 Å². The summed E-state index contributed by atoms with van der Waals surface area (Å²) in [6.45, 7) is 2.71. The number of amides is 2. The van der Waals surface area contributed by atoms with Crippen LogP contribution in [0.2, 0.25) is 0 Å². The van der Waals surface area contributed by atoms with E-state index in [1.165, 1.54) is 6.08 Å². The first-order chi connectivity index (χ1) is 14.6. The third-order valence-electron chi connectivity index (χ3n) is 4.09. The number of hydrogen-bond donors (Lipinski definition) is 2. The number of ether oxygens (including phenoxy) is 1. The molecule has 0 atom stereocenters. The predicted octanol–water partition coefficient (Wildman–Crippen LogP) is 3.48. The molecule has 2 amide bonds. The van der Waals surface area contributed by atoms with Crippen molar-refractivity contribution < 1.29 is 14.3 Å². The molecule has 2 aromatic carbocycles. The SMILES string of the molecule is Cc1nc(COc2cccc(/C=C/C(=O)NCC(=O)NCc3ccccc3)c2)cs1. The molecular weight excluding hydrogens is 398 g/mol. The van der Waals surface area contributed by atoms with E-state index in [4.69, 9.17) is 4.74 Å². The molecule has 6 nitrogen and oxygen atoms in total. The van der Waals surface area contributed by atoms with Crippen LogP contribution in [-0.4, -0.2) is 23.3 Å². The average molecular weight is 422 g/mol. The van der Waals surface area contributed by atoms with Crippen molar-refractivity contribution in [3.8, 4) is 5.75 Å². The molecule has 3 rings (SSSR count). The Labute approximate surface area is 179 Å². The quantitative estimate of drug-likeness (QED) is 0.519. The van der Waals surface area contributed by atoms with Crippen molar-refractivity contribution in [2.45, 2.75) is 20.1 Å². The molecule has 3 aromatic rings. The number of thiazole rings is 1. The van der Waals surface area contributed by atoms with Crippen molar-refractivity contribution in [3.63, 3.8) is 0 Å². The first kappa shape index (κ1) is 21.3. The Morgan fingerprint density at radius 2 is 1.93 bits per heavy atom. The average Bonchev–Trinajstić information content (AvgIpc) is 3.19. The summed E-state index contributed by atoms with van der Waals surface area (Å²) in [6.07, 6.45) is 3.07. The zero-order valence-electron chi connectivity index (χ0n) is 16.6. The van der Waals surface area contributed by atoms with E-state index < -0.39 is 0 Å². The summed E-state index contributed by atoms with van der Waals surface area (Å²) in [5, 5.41) is 8.32. The molecule has 0 fully saturated rings. The van der Waals surface area contributed by atoms with Gasteiger partial charge in [-0.15, -0.1) is 11.3 Å². The van der Waals surface area contributed by atoms with Crippen LogP contribution in [0, 0.1) is 6.92 Å². The molecule has 0 saturated heterocycles. The molecule has 0 aliphatic rings. The Morgan fingerprint density at radius 3 is 2.70 bits per heavy atom. The number of nitrogens with zero attached hydrogens (tertiary/aromatic N) is 1. The zero-order chi connectivity index (χ0) is 21.2. The molecule has 0 unspecified atom stereocenters. The van der Waals surface area contributed by atoms with E-state index in [2.05, 4.69) is 15.6 Å². The van der Waals surface area contributed by atoms with Gasteiger partial charge in [0.05, 0.1) is 17.2 Å². The van der Waals surface area contributed by atoms with E-state index in [9.17, 15) is 9.59 Å². The lowest BCUT2D eigenvalue weighted by atomic mass is 10.2. The number of aryl methyl sites for hydroxylation is 1. The van der Waals surface area contributed by atoms with Crippen LogP contribution in [0.5, 0.6) is 5.75 Å². The number of aromatic nitrogens is 1. The summed E-state index contributed by atoms with van der Waals surface area (Å²) in [7, 11) is 0. The van der Waals surface area contributed by atoms with E-state index in [0.717, 1.165) is 21.8 Å². The van der Waals surface area contributed by atoms with Gasteiger partial charge in [0, 0.05) is 18.0 Å². The standard InChI is InChI=1S/C23H23N3O3S/c1-17-26-20(16-30-17)15-29-21-9-5-8-18(12-21)10-11-22(27)25-14-23(28)24-13-19-6-3-2-4-7-19/h2-12,16H,13-15H2,1H3,(H,24,28)(H,25,27)/b11-10+. The molecule has 0 saturated carbocycles. The zero-order valence-corrected chi connectivity index (χ0v) is 17.4. The maximum atomic E-state index is 12.0. The Balaban J connectivity index is 1.42. The summed E-state index contributed by atoms with van der Waals surface area (Å²) >= 11 is 1.59. The normalized spacial score (nSPS) is 10.7. The van der Waals surface area contributed by atoms with Gasteiger partial charge in [0.2, 0.25) is 11.8 Å². The number of benzene rings is 2. The summed E-state index contributed by atoms with van der Waals surface area (Å²) in [4.78, 5) is 28.2. The van der Waals surface area contributed by atoms with Crippen LogP contribution in [-0.2, 0) is 22.7 Å². The smallest absolute Gasteiger partial charge is 0.244 e. The first-order valence-electron chi connectivity index (χ1n) is 9.49. The van der Waals surface area contributed by atoms with E-state index >= 15 is 0 Å². The van der Waals surface area contributed by atoms with Crippen molar-refractivity contribution in [1.82, 2.24) is 15.6 Å². The number of carbonyl (C=O) groups is 2. The third kappa shape index (κ3) is 7.18. The Hall–Kier alpha value is -3.45. The van der Waals surface area contributed by atoms with Crippen LogP contribution in [0.4, 0.5) is 0 Å². The van der Waals surface area contributed by atoms with E-state index in [1.54, 1.807) is 17.4 Å². The second-order valence-corrected chi connectivity index (χ2v) is 7.59. The summed E-state index contributed by atoms with van der Waals surface area (Å²) < 4.78 is 5.75. The summed E-state index contributed by atoms with van der Waals surface area (Å²) in [6, 6.07) is 17.0. The van der Waals surface area contributed by atoms with Gasteiger partial charge in [-0.25, -0.2) is 4.98 Å². The van der Waals surface area contributed by atoms with Crippen LogP contribution in [0.15, 0.2) is 66.1 Å². The Kier molecular flexibility index (Phi) is 7.74. The molecule has 30 heavy (non-hydrogen) atoms. The largest absolute Gasteiger partial charge is 0.487 e. The van der Waals surface area contributed by atoms with E-state index in [-0.39, 0.29) is 18.4 Å². The molecule has 0 aliphatic heterocycles. The fraction of sp³-hybridized carbons (Fsp3) is 0.174. The molecule has 0 bridgehead atoms. The predicted molar refractivity (Wildman–Crippen MR) is 118 cm³/mol. The van der Waals surface area contributed by atoms with Crippen LogP contribution >= 0.6 is 11.3 Å². The Morgan fingerprint density at radius 1 is 1.10 bits per heavy atom. The summed E-state index contributed by atoms with van der Waals surface area (Å²) in [5.41, 5.74) is 2.72. The molecule has 1 aromatic heterocycles. The summed E-state index contributed by atoms with van der Waals surface area (Å²) in [5.74, 6) is 0.117. The fourth-order valence-electron chi connectivity index (χ4n) is 2.60. The second kappa shape index (κ2) is 10.9. The first-order valence-corrected chi connectivity index (χ1v) is 10.4. The van der Waals surface area contributed by atoms with Crippen molar-refractivity contribution in [2.75, 3.05) is 6.54 Å². The number of carbonyl (C=O) groups excluding carboxylic acids is 2. The van der Waals surface area contributed by atoms with Crippen molar-refractivity contribution in [3.05, 3.63) is 87.9 Å². The minimum absolute atomic E-state index is 0.0772. The van der Waals surface area contributed by atoms with Gasteiger partial charge >= 0.3 is 0 Å². The van der Waals surface area contributed by atoms with Gasteiger partial charge in [0.1, 0.15) is 12.4 Å². The lowest BCUT2D eigenvalue weighted by Gasteiger charge is -2.06. The van der Waals surface area contributed by atoms with Crippen molar-refractivity contribution in [2.24, 2.45) is 0 Å². The molecule has 0 aliphatic carbocycles. The van der Waals surface area contributed by atoms with Gasteiger partial charge < -0.3 is 15.4 Å². The number of hydrogen-bond acceptors (Lipinski definition) is 5. The fourth-order valence-corrected chi connectivity index (χ4v) is 3.19. The van der Waals surface area contributed by atoms with Gasteiger partial charge in [-0.3, -0.25) is 9.59 Å². The van der Waals surface area contributed by atoms with E-state index in [1.807, 2.05) is 66.9 Å². The lowest BCUT2D eigenvalue weighted by Crippen LogP contribution is -2.35. The maximum Gasteiger partial charge on any atom is 0.244 e. The molecule has 0 radical (unpaired) electrons. The minimum atomic E-state index is -0.339. The van der Waals surface area contributed by atoms with Gasteiger partial charge in [-0.05, 0) is 36.3 Å². The maximum absolute atomic E-state index is 12.0. The van der Waals surface area contributed by atoms with E-state index in [0.29, 0.717) is 18.9 Å². The van der Waals surface area contributed by atoms with Gasteiger partial charge in [0.25, 0.3) is 0 Å². The highest BCUT2D eigenvalue weighted by molar-refractivity contribution is 7.09. The minimum Gasteiger partial charge on any atom is -0.487 e.